The molecule has 0 aliphatic carbocycles. The van der Waals surface area contributed by atoms with Crippen LogP contribution in [0.3, 0.4) is 0 Å². The molecule has 0 N–H and O–H groups in total. The van der Waals surface area contributed by atoms with E-state index < -0.39 is 10.0 Å². The minimum atomic E-state index is -3.86. The lowest BCUT2D eigenvalue weighted by Gasteiger charge is -2.08. The lowest BCUT2D eigenvalue weighted by Crippen LogP contribution is -2.13. The van der Waals surface area contributed by atoms with Gasteiger partial charge in [-0.2, -0.15) is 0 Å². The first-order valence-corrected chi connectivity index (χ1v) is 11.5. The van der Waals surface area contributed by atoms with Crippen molar-refractivity contribution in [3.63, 3.8) is 0 Å². The third-order valence-corrected chi connectivity index (χ3v) is 7.16. The van der Waals surface area contributed by atoms with Crippen LogP contribution in [0.5, 0.6) is 0 Å². The normalized spacial score (nSPS) is 12.2. The fraction of sp³-hybridized carbons (Fsp3) is 0. The van der Waals surface area contributed by atoms with E-state index in [1.165, 1.54) is 10.2 Å². The molecule has 0 unspecified atom stereocenters. The Morgan fingerprint density at radius 1 is 0.806 bits per heavy atom. The second-order valence-electron chi connectivity index (χ2n) is 7.09. The number of hydrogen-bond acceptors (Lipinski definition) is 3. The Balaban J connectivity index is 1.76. The summed E-state index contributed by atoms with van der Waals surface area (Å²) in [5, 5.41) is 1.82. The number of nitrogens with zero attached hydrogens (tertiary/aromatic N) is 2. The molecule has 0 spiro atoms. The second-order valence-corrected chi connectivity index (χ2v) is 9.29. The predicted octanol–water partition coefficient (Wildman–Crippen LogP) is 6.25. The molecule has 6 heteroatoms. The number of fused-ring (bicyclic) bond motifs is 3. The Labute approximate surface area is 185 Å². The summed E-state index contributed by atoms with van der Waals surface area (Å²) < 4.78 is 28.3. The van der Waals surface area contributed by atoms with Crippen LogP contribution in [-0.2, 0) is 10.0 Å². The third-order valence-electron chi connectivity index (χ3n) is 5.13. The summed E-state index contributed by atoms with van der Waals surface area (Å²) in [6.07, 6.45) is 5.53. The summed E-state index contributed by atoms with van der Waals surface area (Å²) in [6, 6.07) is 25.6. The highest BCUT2D eigenvalue weighted by Gasteiger charge is 2.25. The number of rotatable bonds is 4. The van der Waals surface area contributed by atoms with E-state index in [4.69, 9.17) is 11.6 Å². The van der Waals surface area contributed by atoms with E-state index in [0.29, 0.717) is 21.6 Å². The van der Waals surface area contributed by atoms with Gasteiger partial charge in [0.1, 0.15) is 0 Å². The Morgan fingerprint density at radius 3 is 2.23 bits per heavy atom. The lowest BCUT2D eigenvalue weighted by atomic mass is 10.1. The number of benzene rings is 3. The third kappa shape index (κ3) is 3.42. The smallest absolute Gasteiger partial charge is 0.237 e. The van der Waals surface area contributed by atoms with Gasteiger partial charge < -0.3 is 0 Å². The van der Waals surface area contributed by atoms with Crippen LogP contribution in [0.4, 0.5) is 0 Å². The van der Waals surface area contributed by atoms with Gasteiger partial charge in [0.15, 0.2) is 5.65 Å². The van der Waals surface area contributed by atoms with Crippen LogP contribution in [-0.4, -0.2) is 17.4 Å². The van der Waals surface area contributed by atoms with E-state index >= 15 is 0 Å². The average Bonchev–Trinajstić information content (AvgIpc) is 3.14. The van der Waals surface area contributed by atoms with Crippen LogP contribution in [0.15, 0.2) is 96.0 Å². The monoisotopic (exact) mass is 444 g/mol. The summed E-state index contributed by atoms with van der Waals surface area (Å²) in [4.78, 5) is 4.57. The molecule has 0 aliphatic heterocycles. The molecule has 4 nitrogen and oxygen atoms in total. The first-order chi connectivity index (χ1) is 15.1. The van der Waals surface area contributed by atoms with E-state index in [1.807, 2.05) is 54.6 Å². The minimum absolute atomic E-state index is 0.198. The molecule has 2 heterocycles. The standard InChI is InChI=1S/C25H17ClN2O2S/c26-22-15-16-27-25-24(22)21-17-19(12-11-18-7-3-1-4-8-18)13-14-23(21)28(25)31(29,30)20-9-5-2-6-10-20/h1-17H/b12-11+. The van der Waals surface area contributed by atoms with Crippen LogP contribution in [0.1, 0.15) is 11.1 Å². The molecule has 0 fully saturated rings. The Hall–Kier alpha value is -3.41. The van der Waals surface area contributed by atoms with Crippen molar-refractivity contribution in [3.8, 4) is 0 Å². The molecule has 2 aromatic heterocycles. The molecule has 0 amide bonds. The van der Waals surface area contributed by atoms with Crippen molar-refractivity contribution < 1.29 is 8.42 Å². The van der Waals surface area contributed by atoms with Gasteiger partial charge in [-0.25, -0.2) is 17.4 Å². The molecule has 5 rings (SSSR count). The first kappa shape index (κ1) is 19.5. The molecule has 152 valence electrons. The van der Waals surface area contributed by atoms with Gasteiger partial charge in [0.25, 0.3) is 10.0 Å². The SMILES string of the molecule is O=S(=O)(c1ccccc1)n1c2ccc(/C=C/c3ccccc3)cc2c2c(Cl)ccnc21. The largest absolute Gasteiger partial charge is 0.269 e. The van der Waals surface area contributed by atoms with Gasteiger partial charge in [-0.3, -0.25) is 0 Å². The number of hydrogen-bond donors (Lipinski definition) is 0. The van der Waals surface area contributed by atoms with Crippen LogP contribution in [0.2, 0.25) is 5.02 Å². The summed E-state index contributed by atoms with van der Waals surface area (Å²) >= 11 is 6.50. The maximum Gasteiger partial charge on any atom is 0.269 e. The maximum absolute atomic E-state index is 13.5. The molecule has 31 heavy (non-hydrogen) atoms. The summed E-state index contributed by atoms with van der Waals surface area (Å²) in [5.41, 5.74) is 2.87. The van der Waals surface area contributed by atoms with Gasteiger partial charge in [0.05, 0.1) is 15.4 Å². The Kier molecular flexibility index (Phi) is 4.85. The zero-order chi connectivity index (χ0) is 21.4. The Morgan fingerprint density at radius 2 is 1.48 bits per heavy atom. The van der Waals surface area contributed by atoms with Crippen molar-refractivity contribution in [1.82, 2.24) is 8.96 Å². The molecule has 0 aliphatic rings. The number of halogens is 1. The van der Waals surface area contributed by atoms with Crippen LogP contribution < -0.4 is 0 Å². The highest BCUT2D eigenvalue weighted by molar-refractivity contribution is 7.90. The zero-order valence-corrected chi connectivity index (χ0v) is 17.9. The molecule has 0 saturated heterocycles. The van der Waals surface area contributed by atoms with Gasteiger partial charge in [-0.05, 0) is 41.5 Å². The van der Waals surface area contributed by atoms with Crippen LogP contribution >= 0.6 is 11.6 Å². The molecule has 0 atom stereocenters. The van der Waals surface area contributed by atoms with Crippen molar-refractivity contribution in [3.05, 3.63) is 107 Å². The van der Waals surface area contributed by atoms with E-state index in [1.54, 1.807) is 42.5 Å². The lowest BCUT2D eigenvalue weighted by molar-refractivity contribution is 0.590. The molecular formula is C25H17ClN2O2S. The van der Waals surface area contributed by atoms with Crippen molar-refractivity contribution in [2.75, 3.05) is 0 Å². The summed E-state index contributed by atoms with van der Waals surface area (Å²) in [7, 11) is -3.86. The Bertz CT molecular complexity index is 1540. The quantitative estimate of drug-likeness (QED) is 0.308. The van der Waals surface area contributed by atoms with Crippen molar-refractivity contribution in [2.24, 2.45) is 0 Å². The molecule has 0 saturated carbocycles. The van der Waals surface area contributed by atoms with Gasteiger partial charge in [-0.1, -0.05) is 78.4 Å². The van der Waals surface area contributed by atoms with Crippen LogP contribution in [0.25, 0.3) is 34.1 Å². The van der Waals surface area contributed by atoms with Crippen molar-refractivity contribution in [2.45, 2.75) is 4.90 Å². The second kappa shape index (κ2) is 7.69. The average molecular weight is 445 g/mol. The van der Waals surface area contributed by atoms with Gasteiger partial charge in [-0.15, -0.1) is 0 Å². The fourth-order valence-corrected chi connectivity index (χ4v) is 5.42. The molecule has 0 bridgehead atoms. The number of aromatic nitrogens is 2. The van der Waals surface area contributed by atoms with Crippen molar-refractivity contribution in [1.29, 1.82) is 0 Å². The van der Waals surface area contributed by atoms with E-state index in [2.05, 4.69) is 4.98 Å². The molecule has 3 aromatic carbocycles. The number of pyridine rings is 1. The summed E-state index contributed by atoms with van der Waals surface area (Å²) in [6.45, 7) is 0. The topological polar surface area (TPSA) is 52.0 Å². The maximum atomic E-state index is 13.5. The van der Waals surface area contributed by atoms with E-state index in [0.717, 1.165) is 16.5 Å². The predicted molar refractivity (Wildman–Crippen MR) is 127 cm³/mol. The van der Waals surface area contributed by atoms with E-state index in [9.17, 15) is 8.42 Å². The molecular weight excluding hydrogens is 428 g/mol. The molecule has 0 radical (unpaired) electrons. The van der Waals surface area contributed by atoms with Gasteiger partial charge in [0.2, 0.25) is 0 Å². The minimum Gasteiger partial charge on any atom is -0.237 e. The molecule has 5 aromatic rings. The highest BCUT2D eigenvalue weighted by atomic mass is 35.5. The fourth-order valence-electron chi connectivity index (χ4n) is 3.68. The summed E-state index contributed by atoms with van der Waals surface area (Å²) in [5.74, 6) is 0. The first-order valence-electron chi connectivity index (χ1n) is 9.68. The zero-order valence-electron chi connectivity index (χ0n) is 16.3. The highest BCUT2D eigenvalue weighted by Crippen LogP contribution is 2.36. The van der Waals surface area contributed by atoms with Crippen molar-refractivity contribution >= 4 is 55.7 Å². The van der Waals surface area contributed by atoms with E-state index in [-0.39, 0.29) is 4.90 Å². The van der Waals surface area contributed by atoms with Crippen LogP contribution in [0, 0.1) is 0 Å². The van der Waals surface area contributed by atoms with Gasteiger partial charge >= 0.3 is 0 Å². The van der Waals surface area contributed by atoms with Gasteiger partial charge in [0, 0.05) is 17.0 Å².